The highest BCUT2D eigenvalue weighted by Crippen LogP contribution is 2.37. The van der Waals surface area contributed by atoms with Crippen molar-refractivity contribution in [1.82, 2.24) is 5.32 Å². The van der Waals surface area contributed by atoms with Gasteiger partial charge < -0.3 is 26.0 Å². The smallest absolute Gasteiger partial charge is 0.370 e. The number of hydrogen-bond acceptors (Lipinski definition) is 5. The van der Waals surface area contributed by atoms with Crippen LogP contribution in [-0.2, 0) is 25.3 Å². The lowest BCUT2D eigenvalue weighted by Crippen LogP contribution is -2.51. The Kier molecular flexibility index (Phi) is 6.61. The van der Waals surface area contributed by atoms with Crippen LogP contribution in [0.15, 0.2) is 18.2 Å². The molecule has 8 nitrogen and oxygen atoms in total. The molecule has 1 aromatic rings. The highest BCUT2D eigenvalue weighted by Gasteiger charge is 2.36. The summed E-state index contributed by atoms with van der Waals surface area (Å²) in [7, 11) is 0. The van der Waals surface area contributed by atoms with Crippen molar-refractivity contribution < 1.29 is 32.3 Å². The fraction of sp³-hybridized carbons (Fsp3) is 0.526. The predicted molar refractivity (Wildman–Crippen MR) is 102 cm³/mol. The van der Waals surface area contributed by atoms with Gasteiger partial charge in [-0.3, -0.25) is 14.4 Å². The first-order chi connectivity index (χ1) is 14.2. The molecule has 1 aliphatic carbocycles. The van der Waals surface area contributed by atoms with Gasteiger partial charge in [0.05, 0.1) is 17.9 Å². The number of hydrogen-bond donors (Lipinski definition) is 3. The Hall–Kier alpha value is -2.66. The summed E-state index contributed by atoms with van der Waals surface area (Å²) in [4.78, 5) is 37.7. The quantitative estimate of drug-likeness (QED) is 0.631. The van der Waals surface area contributed by atoms with Crippen molar-refractivity contribution in [2.24, 2.45) is 11.7 Å². The maximum atomic E-state index is 13.6. The molecule has 3 rings (SSSR count). The highest BCUT2D eigenvalue weighted by molar-refractivity contribution is 5.99. The second kappa shape index (κ2) is 9.00. The molecule has 1 saturated carbocycles. The Balaban J connectivity index is 1.78. The fourth-order valence-electron chi connectivity index (χ4n) is 3.25. The van der Waals surface area contributed by atoms with Crippen LogP contribution in [0.2, 0.25) is 0 Å². The zero-order valence-corrected chi connectivity index (χ0v) is 16.1. The molecule has 164 valence electrons. The number of nitrogens with one attached hydrogen (secondary N) is 2. The van der Waals surface area contributed by atoms with E-state index in [1.807, 2.05) is 0 Å². The summed E-state index contributed by atoms with van der Waals surface area (Å²) in [5.41, 5.74) is 4.02. The molecule has 0 aromatic heterocycles. The summed E-state index contributed by atoms with van der Waals surface area (Å²) in [5.74, 6) is -1.81. The van der Waals surface area contributed by atoms with Gasteiger partial charge in [-0.25, -0.2) is 0 Å². The van der Waals surface area contributed by atoms with Gasteiger partial charge in [0.25, 0.3) is 5.91 Å². The molecule has 0 spiro atoms. The standard InChI is InChI=1S/C19H23F3N4O4/c20-19(21,22)13-8-12(26-6-7-30-10-16(26)27)4-5-14(13)24-18(29)15(9-23)25-17(28)11-2-1-3-11/h4-5,8,11,15H,1-3,6-7,9-10,23H2,(H,24,29)(H,25,28)/t15-/m0/s1. The molecule has 0 unspecified atom stereocenters. The van der Waals surface area contributed by atoms with Gasteiger partial charge in [-0.15, -0.1) is 0 Å². The van der Waals surface area contributed by atoms with E-state index < -0.39 is 35.3 Å². The zero-order chi connectivity index (χ0) is 21.9. The van der Waals surface area contributed by atoms with Crippen LogP contribution in [0.3, 0.4) is 0 Å². The van der Waals surface area contributed by atoms with E-state index in [0.717, 1.165) is 18.6 Å². The first kappa shape index (κ1) is 22.0. The third kappa shape index (κ3) is 4.90. The SMILES string of the molecule is NC[C@H](NC(=O)C1CCC1)C(=O)Nc1ccc(N2CCOCC2=O)cc1C(F)(F)F. The van der Waals surface area contributed by atoms with E-state index in [9.17, 15) is 27.6 Å². The first-order valence-electron chi connectivity index (χ1n) is 9.61. The Morgan fingerprint density at radius 1 is 1.30 bits per heavy atom. The van der Waals surface area contributed by atoms with E-state index >= 15 is 0 Å². The molecule has 2 aliphatic rings. The molecular weight excluding hydrogens is 405 g/mol. The maximum Gasteiger partial charge on any atom is 0.418 e. The van der Waals surface area contributed by atoms with Gasteiger partial charge in [-0.05, 0) is 31.0 Å². The average Bonchev–Trinajstić information content (AvgIpc) is 2.64. The summed E-state index contributed by atoms with van der Waals surface area (Å²) in [5, 5.41) is 4.70. The van der Waals surface area contributed by atoms with Crippen LogP contribution in [-0.4, -0.2) is 50.1 Å². The molecule has 1 aromatic carbocycles. The molecule has 11 heteroatoms. The lowest BCUT2D eigenvalue weighted by Gasteiger charge is -2.28. The summed E-state index contributed by atoms with van der Waals surface area (Å²) in [6, 6.07) is 2.06. The van der Waals surface area contributed by atoms with Gasteiger partial charge in [0, 0.05) is 24.7 Å². The molecule has 1 saturated heterocycles. The van der Waals surface area contributed by atoms with Crippen molar-refractivity contribution >= 4 is 29.1 Å². The third-order valence-corrected chi connectivity index (χ3v) is 5.21. The number of benzene rings is 1. The van der Waals surface area contributed by atoms with Crippen molar-refractivity contribution in [3.63, 3.8) is 0 Å². The number of rotatable bonds is 6. The number of carbonyl (C=O) groups is 3. The normalized spacial score (nSPS) is 18.5. The monoisotopic (exact) mass is 428 g/mol. The number of anilines is 2. The Labute approximate surface area is 170 Å². The van der Waals surface area contributed by atoms with Crippen LogP contribution < -0.4 is 21.3 Å². The van der Waals surface area contributed by atoms with E-state index in [1.165, 1.54) is 11.0 Å². The second-order valence-electron chi connectivity index (χ2n) is 7.24. The minimum absolute atomic E-state index is 0.0577. The number of nitrogens with zero attached hydrogens (tertiary/aromatic N) is 1. The molecular formula is C19H23F3N4O4. The largest absolute Gasteiger partial charge is 0.418 e. The van der Waals surface area contributed by atoms with Gasteiger partial charge in [0.1, 0.15) is 12.6 Å². The Morgan fingerprint density at radius 3 is 2.60 bits per heavy atom. The van der Waals surface area contributed by atoms with Crippen molar-refractivity contribution in [3.05, 3.63) is 23.8 Å². The van der Waals surface area contributed by atoms with Crippen molar-refractivity contribution in [1.29, 1.82) is 0 Å². The van der Waals surface area contributed by atoms with E-state index in [0.29, 0.717) is 12.8 Å². The molecule has 0 bridgehead atoms. The maximum absolute atomic E-state index is 13.6. The number of ether oxygens (including phenoxy) is 1. The van der Waals surface area contributed by atoms with Crippen LogP contribution in [0.25, 0.3) is 0 Å². The van der Waals surface area contributed by atoms with Crippen LogP contribution in [0.1, 0.15) is 24.8 Å². The van der Waals surface area contributed by atoms with E-state index in [2.05, 4.69) is 10.6 Å². The average molecular weight is 428 g/mol. The Bertz CT molecular complexity index is 826. The van der Waals surface area contributed by atoms with Gasteiger partial charge in [-0.2, -0.15) is 13.2 Å². The number of nitrogens with two attached hydrogens (primary N) is 1. The van der Waals surface area contributed by atoms with Crippen molar-refractivity contribution in [2.75, 3.05) is 36.5 Å². The highest BCUT2D eigenvalue weighted by atomic mass is 19.4. The summed E-state index contributed by atoms with van der Waals surface area (Å²) >= 11 is 0. The molecule has 3 amide bonds. The van der Waals surface area contributed by atoms with Gasteiger partial charge in [0.15, 0.2) is 0 Å². The summed E-state index contributed by atoms with van der Waals surface area (Å²) < 4.78 is 45.9. The molecule has 1 heterocycles. The van der Waals surface area contributed by atoms with E-state index in [1.54, 1.807) is 0 Å². The molecule has 1 atom stereocenters. The first-order valence-corrected chi connectivity index (χ1v) is 9.61. The van der Waals surface area contributed by atoms with Crippen molar-refractivity contribution in [3.8, 4) is 0 Å². The third-order valence-electron chi connectivity index (χ3n) is 5.21. The van der Waals surface area contributed by atoms with E-state index in [-0.39, 0.29) is 43.8 Å². The molecule has 0 radical (unpaired) electrons. The molecule has 4 N–H and O–H groups in total. The lowest BCUT2D eigenvalue weighted by molar-refractivity contribution is -0.137. The number of alkyl halides is 3. The predicted octanol–water partition coefficient (Wildman–Crippen LogP) is 1.25. The van der Waals surface area contributed by atoms with Crippen LogP contribution in [0.4, 0.5) is 24.5 Å². The molecule has 1 aliphatic heterocycles. The van der Waals surface area contributed by atoms with Gasteiger partial charge in [0.2, 0.25) is 11.8 Å². The summed E-state index contributed by atoms with van der Waals surface area (Å²) in [6.45, 7) is -0.126. The van der Waals surface area contributed by atoms with E-state index in [4.69, 9.17) is 10.5 Å². The number of morpholine rings is 1. The van der Waals surface area contributed by atoms with Gasteiger partial charge >= 0.3 is 6.18 Å². The second-order valence-corrected chi connectivity index (χ2v) is 7.24. The fourth-order valence-corrected chi connectivity index (χ4v) is 3.25. The zero-order valence-electron chi connectivity index (χ0n) is 16.1. The van der Waals surface area contributed by atoms with Crippen molar-refractivity contribution in [2.45, 2.75) is 31.5 Å². The molecule has 2 fully saturated rings. The summed E-state index contributed by atoms with van der Waals surface area (Å²) in [6.07, 6.45) is -2.43. The number of halogens is 3. The minimum atomic E-state index is -4.78. The van der Waals surface area contributed by atoms with Crippen LogP contribution >= 0.6 is 0 Å². The van der Waals surface area contributed by atoms with Crippen LogP contribution in [0.5, 0.6) is 0 Å². The molecule has 30 heavy (non-hydrogen) atoms. The number of carbonyl (C=O) groups excluding carboxylic acids is 3. The lowest BCUT2D eigenvalue weighted by atomic mass is 9.84. The minimum Gasteiger partial charge on any atom is -0.370 e. The topological polar surface area (TPSA) is 114 Å². The van der Waals surface area contributed by atoms with Crippen LogP contribution in [0, 0.1) is 5.92 Å². The number of amides is 3. The van der Waals surface area contributed by atoms with Gasteiger partial charge in [-0.1, -0.05) is 6.42 Å². The Morgan fingerprint density at radius 2 is 2.03 bits per heavy atom.